The molecule has 1 aromatic carbocycles. The number of sulfonamides is 1. The van der Waals surface area contributed by atoms with E-state index >= 15 is 0 Å². The average Bonchev–Trinajstić information content (AvgIpc) is 2.80. The summed E-state index contributed by atoms with van der Waals surface area (Å²) in [5.74, 6) is 0. The van der Waals surface area contributed by atoms with Crippen molar-refractivity contribution in [2.45, 2.75) is 17.6 Å². The summed E-state index contributed by atoms with van der Waals surface area (Å²) in [5, 5.41) is 11.4. The van der Waals surface area contributed by atoms with Gasteiger partial charge in [0.15, 0.2) is 0 Å². The second-order valence-corrected chi connectivity index (χ2v) is 6.19. The number of primary sulfonamides is 1. The number of hydrogen-bond acceptors (Lipinski definition) is 4. The van der Waals surface area contributed by atoms with E-state index in [2.05, 4.69) is 10.4 Å². The van der Waals surface area contributed by atoms with E-state index in [-0.39, 0.29) is 12.2 Å². The summed E-state index contributed by atoms with van der Waals surface area (Å²) < 4.78 is 63.1. The van der Waals surface area contributed by atoms with Crippen molar-refractivity contribution in [1.82, 2.24) is 9.78 Å². The fourth-order valence-corrected chi connectivity index (χ4v) is 2.39. The van der Waals surface area contributed by atoms with Crippen LogP contribution in [0.3, 0.4) is 0 Å². The summed E-state index contributed by atoms with van der Waals surface area (Å²) in [5.41, 5.74) is -0.641. The van der Waals surface area contributed by atoms with Crippen LogP contribution in [0.25, 0.3) is 0 Å². The SMILES string of the molecule is Cn1cc(CNc2ccc(S(N)(=O)=O)cc2C(F)(F)F)cn1. The minimum Gasteiger partial charge on any atom is -0.380 e. The quantitative estimate of drug-likeness (QED) is 0.890. The van der Waals surface area contributed by atoms with Crippen molar-refractivity contribution in [2.75, 3.05) is 5.32 Å². The molecule has 22 heavy (non-hydrogen) atoms. The first kappa shape index (κ1) is 16.3. The summed E-state index contributed by atoms with van der Waals surface area (Å²) in [4.78, 5) is -0.591. The van der Waals surface area contributed by atoms with Gasteiger partial charge in [-0.25, -0.2) is 13.6 Å². The van der Waals surface area contributed by atoms with Crippen LogP contribution >= 0.6 is 0 Å². The maximum atomic E-state index is 13.1. The van der Waals surface area contributed by atoms with Gasteiger partial charge < -0.3 is 5.32 Å². The molecular weight excluding hydrogens is 321 g/mol. The largest absolute Gasteiger partial charge is 0.418 e. The molecule has 0 unspecified atom stereocenters. The number of alkyl halides is 3. The third kappa shape index (κ3) is 3.77. The van der Waals surface area contributed by atoms with E-state index in [0.29, 0.717) is 11.6 Å². The van der Waals surface area contributed by atoms with E-state index in [1.165, 1.54) is 10.9 Å². The van der Waals surface area contributed by atoms with Gasteiger partial charge in [0, 0.05) is 31.0 Å². The molecule has 120 valence electrons. The molecule has 6 nitrogen and oxygen atoms in total. The first-order valence-electron chi connectivity index (χ1n) is 6.03. The number of hydrogen-bond donors (Lipinski definition) is 2. The van der Waals surface area contributed by atoms with E-state index < -0.39 is 26.7 Å². The fraction of sp³-hybridized carbons (Fsp3) is 0.250. The van der Waals surface area contributed by atoms with Crippen molar-refractivity contribution in [3.8, 4) is 0 Å². The smallest absolute Gasteiger partial charge is 0.380 e. The number of benzene rings is 1. The van der Waals surface area contributed by atoms with Gasteiger partial charge in [-0.3, -0.25) is 4.68 Å². The lowest BCUT2D eigenvalue weighted by Gasteiger charge is -2.15. The van der Waals surface area contributed by atoms with E-state index in [1.807, 2.05) is 0 Å². The predicted molar refractivity (Wildman–Crippen MR) is 73.4 cm³/mol. The minimum absolute atomic E-state index is 0.117. The van der Waals surface area contributed by atoms with Gasteiger partial charge in [0.2, 0.25) is 10.0 Å². The van der Waals surface area contributed by atoms with Crippen molar-refractivity contribution in [3.05, 3.63) is 41.7 Å². The highest BCUT2D eigenvalue weighted by Crippen LogP contribution is 2.36. The van der Waals surface area contributed by atoms with Crippen LogP contribution in [0.4, 0.5) is 18.9 Å². The molecule has 0 aliphatic carbocycles. The Morgan fingerprint density at radius 3 is 2.55 bits per heavy atom. The van der Waals surface area contributed by atoms with Gasteiger partial charge in [-0.1, -0.05) is 0 Å². The van der Waals surface area contributed by atoms with Gasteiger partial charge in [-0.2, -0.15) is 18.3 Å². The molecular formula is C12H13F3N4O2S. The predicted octanol–water partition coefficient (Wildman–Crippen LogP) is 1.70. The van der Waals surface area contributed by atoms with Gasteiger partial charge >= 0.3 is 6.18 Å². The van der Waals surface area contributed by atoms with Crippen LogP contribution in [0.15, 0.2) is 35.5 Å². The van der Waals surface area contributed by atoms with Crippen molar-refractivity contribution < 1.29 is 21.6 Å². The maximum absolute atomic E-state index is 13.1. The summed E-state index contributed by atoms with van der Waals surface area (Å²) in [6, 6.07) is 2.58. The molecule has 2 rings (SSSR count). The molecule has 0 radical (unpaired) electrons. The van der Waals surface area contributed by atoms with Crippen LogP contribution in [0.1, 0.15) is 11.1 Å². The van der Waals surface area contributed by atoms with Crippen molar-refractivity contribution in [1.29, 1.82) is 0 Å². The lowest BCUT2D eigenvalue weighted by atomic mass is 10.1. The number of aromatic nitrogens is 2. The molecule has 1 aromatic heterocycles. The van der Waals surface area contributed by atoms with Gasteiger partial charge in [0.05, 0.1) is 16.7 Å². The van der Waals surface area contributed by atoms with Gasteiger partial charge in [0.25, 0.3) is 0 Å². The average molecular weight is 334 g/mol. The van der Waals surface area contributed by atoms with Crippen molar-refractivity contribution in [2.24, 2.45) is 12.2 Å². The summed E-state index contributed by atoms with van der Waals surface area (Å²) in [6.07, 6.45) is -1.55. The molecule has 10 heteroatoms. The number of nitrogens with two attached hydrogens (primary N) is 1. The maximum Gasteiger partial charge on any atom is 0.418 e. The molecule has 0 saturated carbocycles. The molecule has 0 bridgehead atoms. The zero-order chi connectivity index (χ0) is 16.5. The van der Waals surface area contributed by atoms with E-state index in [9.17, 15) is 21.6 Å². The Labute approximate surface area is 124 Å². The highest BCUT2D eigenvalue weighted by Gasteiger charge is 2.34. The van der Waals surface area contributed by atoms with Gasteiger partial charge in [-0.15, -0.1) is 0 Å². The Morgan fingerprint density at radius 2 is 2.05 bits per heavy atom. The Balaban J connectivity index is 2.34. The highest BCUT2D eigenvalue weighted by molar-refractivity contribution is 7.89. The number of rotatable bonds is 4. The second kappa shape index (κ2) is 5.61. The summed E-state index contributed by atoms with van der Waals surface area (Å²) >= 11 is 0. The van der Waals surface area contributed by atoms with E-state index in [1.54, 1.807) is 13.2 Å². The molecule has 1 heterocycles. The fourth-order valence-electron chi connectivity index (χ4n) is 1.85. The molecule has 0 atom stereocenters. The molecule has 0 spiro atoms. The Kier molecular flexibility index (Phi) is 4.16. The Bertz CT molecular complexity index is 784. The van der Waals surface area contributed by atoms with Crippen molar-refractivity contribution >= 4 is 15.7 Å². The molecule has 0 aliphatic rings. The van der Waals surface area contributed by atoms with Crippen LogP contribution in [-0.4, -0.2) is 18.2 Å². The van der Waals surface area contributed by atoms with Gasteiger partial charge in [-0.05, 0) is 18.2 Å². The monoisotopic (exact) mass is 334 g/mol. The Hall–Kier alpha value is -2.07. The number of halogens is 3. The van der Waals surface area contributed by atoms with Gasteiger partial charge in [0.1, 0.15) is 0 Å². The molecule has 0 amide bonds. The van der Waals surface area contributed by atoms with Crippen LogP contribution in [0.2, 0.25) is 0 Å². The summed E-state index contributed by atoms with van der Waals surface area (Å²) in [6.45, 7) is 0.117. The number of aryl methyl sites for hydroxylation is 1. The second-order valence-electron chi connectivity index (χ2n) is 4.63. The molecule has 0 saturated heterocycles. The molecule has 0 aliphatic heterocycles. The Morgan fingerprint density at radius 1 is 1.36 bits per heavy atom. The third-order valence-electron chi connectivity index (χ3n) is 2.87. The molecule has 0 fully saturated rings. The lowest BCUT2D eigenvalue weighted by Crippen LogP contribution is -2.16. The van der Waals surface area contributed by atoms with Crippen LogP contribution in [0, 0.1) is 0 Å². The topological polar surface area (TPSA) is 90.0 Å². The first-order chi connectivity index (χ1) is 10.1. The zero-order valence-electron chi connectivity index (χ0n) is 11.4. The molecule has 2 aromatic rings. The highest BCUT2D eigenvalue weighted by atomic mass is 32.2. The normalized spacial score (nSPS) is 12.4. The number of nitrogens with one attached hydrogen (secondary N) is 1. The standard InChI is InChI=1S/C12H13F3N4O2S/c1-19-7-8(6-18-19)5-17-11-3-2-9(22(16,20)21)4-10(11)12(13,14)15/h2-4,6-7,17H,5H2,1H3,(H2,16,20,21). The van der Waals surface area contributed by atoms with E-state index in [0.717, 1.165) is 12.1 Å². The minimum atomic E-state index is -4.71. The summed E-state index contributed by atoms with van der Waals surface area (Å²) in [7, 11) is -2.52. The number of anilines is 1. The van der Waals surface area contributed by atoms with Crippen molar-refractivity contribution in [3.63, 3.8) is 0 Å². The zero-order valence-corrected chi connectivity index (χ0v) is 12.2. The first-order valence-corrected chi connectivity index (χ1v) is 7.57. The third-order valence-corrected chi connectivity index (χ3v) is 3.78. The van der Waals surface area contributed by atoms with Crippen LogP contribution < -0.4 is 10.5 Å². The van der Waals surface area contributed by atoms with E-state index in [4.69, 9.17) is 5.14 Å². The van der Waals surface area contributed by atoms with Crippen LogP contribution in [0.5, 0.6) is 0 Å². The number of nitrogens with zero attached hydrogens (tertiary/aromatic N) is 2. The lowest BCUT2D eigenvalue weighted by molar-refractivity contribution is -0.137. The van der Waals surface area contributed by atoms with Crippen LogP contribution in [-0.2, 0) is 29.8 Å². The molecule has 3 N–H and O–H groups in total.